The maximum absolute atomic E-state index is 12.2. The van der Waals surface area contributed by atoms with Crippen LogP contribution in [-0.2, 0) is 10.0 Å². The monoisotopic (exact) mass is 425 g/mol. The standard InChI is InChI=1S/C10H6Br2ClN3O2S/c11-6-1-2-7(12)8(5-6)19(17,18)16-10-9(13)14-3-4-15-10/h1-5H,(H,15,16). The van der Waals surface area contributed by atoms with Gasteiger partial charge in [-0.05, 0) is 34.1 Å². The van der Waals surface area contributed by atoms with Crippen LogP contribution in [0, 0.1) is 0 Å². The molecule has 0 spiro atoms. The van der Waals surface area contributed by atoms with Crippen LogP contribution in [0.2, 0.25) is 5.15 Å². The molecule has 0 aliphatic rings. The summed E-state index contributed by atoms with van der Waals surface area (Å²) in [6.45, 7) is 0. The third-order valence-corrected chi connectivity index (χ3v) is 5.17. The molecule has 0 fully saturated rings. The molecule has 0 aliphatic carbocycles. The zero-order valence-corrected chi connectivity index (χ0v) is 13.9. The SMILES string of the molecule is O=S(=O)(Nc1nccnc1Cl)c1cc(Br)ccc1Br. The van der Waals surface area contributed by atoms with Crippen molar-refractivity contribution in [1.29, 1.82) is 0 Å². The molecule has 1 N–H and O–H groups in total. The molecule has 5 nitrogen and oxygen atoms in total. The molecule has 1 aromatic heterocycles. The molecule has 0 atom stereocenters. The molecule has 0 unspecified atom stereocenters. The predicted octanol–water partition coefficient (Wildman–Crippen LogP) is 3.46. The van der Waals surface area contributed by atoms with Crippen LogP contribution in [0.3, 0.4) is 0 Å². The number of rotatable bonds is 3. The lowest BCUT2D eigenvalue weighted by Gasteiger charge is -2.09. The van der Waals surface area contributed by atoms with Crippen molar-refractivity contribution < 1.29 is 8.42 Å². The van der Waals surface area contributed by atoms with Crippen LogP contribution < -0.4 is 4.72 Å². The number of nitrogens with one attached hydrogen (secondary N) is 1. The van der Waals surface area contributed by atoms with Crippen LogP contribution in [0.1, 0.15) is 0 Å². The lowest BCUT2D eigenvalue weighted by Crippen LogP contribution is -2.15. The van der Waals surface area contributed by atoms with Crippen molar-refractivity contribution in [3.63, 3.8) is 0 Å². The number of nitrogens with zero attached hydrogens (tertiary/aromatic N) is 2. The highest BCUT2D eigenvalue weighted by Gasteiger charge is 2.20. The van der Waals surface area contributed by atoms with Crippen molar-refractivity contribution in [2.45, 2.75) is 4.90 Å². The van der Waals surface area contributed by atoms with E-state index in [-0.39, 0.29) is 15.9 Å². The molecular weight excluding hydrogens is 421 g/mol. The minimum Gasteiger partial charge on any atom is -0.261 e. The van der Waals surface area contributed by atoms with E-state index in [0.717, 1.165) is 0 Å². The maximum atomic E-state index is 12.2. The highest BCUT2D eigenvalue weighted by atomic mass is 79.9. The highest BCUT2D eigenvalue weighted by Crippen LogP contribution is 2.28. The average Bonchev–Trinajstić information content (AvgIpc) is 2.35. The van der Waals surface area contributed by atoms with Gasteiger partial charge in [-0.2, -0.15) is 0 Å². The summed E-state index contributed by atoms with van der Waals surface area (Å²) in [5.41, 5.74) is 0. The zero-order valence-electron chi connectivity index (χ0n) is 9.14. The number of anilines is 1. The van der Waals surface area contributed by atoms with E-state index in [1.54, 1.807) is 12.1 Å². The molecule has 2 aromatic rings. The van der Waals surface area contributed by atoms with E-state index < -0.39 is 10.0 Å². The second-order valence-corrected chi connectivity index (χ2v) is 7.15. The van der Waals surface area contributed by atoms with Gasteiger partial charge in [-0.1, -0.05) is 27.5 Å². The molecular formula is C10H6Br2ClN3O2S. The number of aromatic nitrogens is 2. The number of hydrogen-bond acceptors (Lipinski definition) is 4. The van der Waals surface area contributed by atoms with E-state index in [4.69, 9.17) is 11.6 Å². The summed E-state index contributed by atoms with van der Waals surface area (Å²) in [7, 11) is -3.80. The van der Waals surface area contributed by atoms with Crippen molar-refractivity contribution in [3.8, 4) is 0 Å². The van der Waals surface area contributed by atoms with E-state index in [0.29, 0.717) is 8.95 Å². The van der Waals surface area contributed by atoms with Crippen LogP contribution in [0.15, 0.2) is 44.4 Å². The van der Waals surface area contributed by atoms with Gasteiger partial charge < -0.3 is 0 Å². The minimum atomic E-state index is -3.80. The van der Waals surface area contributed by atoms with E-state index in [1.165, 1.54) is 18.5 Å². The Kier molecular flexibility index (Phi) is 4.44. The molecule has 0 bridgehead atoms. The Morgan fingerprint density at radius 3 is 2.53 bits per heavy atom. The van der Waals surface area contributed by atoms with Gasteiger partial charge in [0, 0.05) is 21.3 Å². The molecule has 0 saturated heterocycles. The summed E-state index contributed by atoms with van der Waals surface area (Å²) < 4.78 is 27.8. The molecule has 19 heavy (non-hydrogen) atoms. The largest absolute Gasteiger partial charge is 0.264 e. The highest BCUT2D eigenvalue weighted by molar-refractivity contribution is 9.11. The summed E-state index contributed by atoms with van der Waals surface area (Å²) in [5, 5.41) is -0.0165. The molecule has 0 radical (unpaired) electrons. The summed E-state index contributed by atoms with van der Waals surface area (Å²) in [6.07, 6.45) is 2.72. The Balaban J connectivity index is 2.44. The summed E-state index contributed by atoms with van der Waals surface area (Å²) >= 11 is 12.2. The lowest BCUT2D eigenvalue weighted by atomic mass is 10.4. The van der Waals surface area contributed by atoms with Crippen molar-refractivity contribution in [2.75, 3.05) is 4.72 Å². The second-order valence-electron chi connectivity index (χ2n) is 3.38. The Morgan fingerprint density at radius 2 is 1.84 bits per heavy atom. The Hall–Kier alpha value is -0.700. The van der Waals surface area contributed by atoms with Crippen LogP contribution in [0.25, 0.3) is 0 Å². The zero-order chi connectivity index (χ0) is 14.0. The first-order valence-corrected chi connectivity index (χ1v) is 8.29. The van der Waals surface area contributed by atoms with E-state index in [9.17, 15) is 8.42 Å². The maximum Gasteiger partial charge on any atom is 0.264 e. The topological polar surface area (TPSA) is 72.0 Å². The number of benzene rings is 1. The van der Waals surface area contributed by atoms with Crippen LogP contribution in [0.4, 0.5) is 5.82 Å². The third kappa shape index (κ3) is 3.44. The van der Waals surface area contributed by atoms with Crippen molar-refractivity contribution in [3.05, 3.63) is 44.7 Å². The van der Waals surface area contributed by atoms with Crippen LogP contribution in [0.5, 0.6) is 0 Å². The molecule has 2 rings (SSSR count). The minimum absolute atomic E-state index is 0.0165. The second kappa shape index (κ2) is 5.74. The van der Waals surface area contributed by atoms with Gasteiger partial charge in [-0.25, -0.2) is 18.4 Å². The van der Waals surface area contributed by atoms with Gasteiger partial charge in [-0.3, -0.25) is 4.72 Å². The van der Waals surface area contributed by atoms with Gasteiger partial charge in [0.2, 0.25) is 0 Å². The molecule has 9 heteroatoms. The van der Waals surface area contributed by atoms with Gasteiger partial charge in [0.15, 0.2) is 11.0 Å². The number of hydrogen-bond donors (Lipinski definition) is 1. The molecule has 1 aromatic carbocycles. The quantitative estimate of drug-likeness (QED) is 0.814. The first-order valence-electron chi connectivity index (χ1n) is 4.84. The molecule has 100 valence electrons. The summed E-state index contributed by atoms with van der Waals surface area (Å²) in [4.78, 5) is 7.65. The van der Waals surface area contributed by atoms with E-state index >= 15 is 0 Å². The van der Waals surface area contributed by atoms with Gasteiger partial charge in [-0.15, -0.1) is 0 Å². The predicted molar refractivity (Wildman–Crippen MR) is 79.7 cm³/mol. The summed E-state index contributed by atoms with van der Waals surface area (Å²) in [5.74, 6) is -0.0176. The van der Waals surface area contributed by atoms with Crippen molar-refractivity contribution >= 4 is 59.3 Å². The van der Waals surface area contributed by atoms with Crippen LogP contribution in [-0.4, -0.2) is 18.4 Å². The Morgan fingerprint density at radius 1 is 1.16 bits per heavy atom. The normalized spacial score (nSPS) is 11.3. The fourth-order valence-electron chi connectivity index (χ4n) is 1.25. The van der Waals surface area contributed by atoms with E-state index in [2.05, 4.69) is 46.5 Å². The fourth-order valence-corrected chi connectivity index (χ4v) is 3.98. The summed E-state index contributed by atoms with van der Waals surface area (Å²) in [6, 6.07) is 4.81. The first-order chi connectivity index (χ1) is 8.90. The fraction of sp³-hybridized carbons (Fsp3) is 0. The number of sulfonamides is 1. The molecule has 0 amide bonds. The van der Waals surface area contributed by atoms with Gasteiger partial charge in [0.1, 0.15) is 4.90 Å². The van der Waals surface area contributed by atoms with Gasteiger partial charge in [0.25, 0.3) is 10.0 Å². The molecule has 0 aliphatic heterocycles. The smallest absolute Gasteiger partial charge is 0.261 e. The molecule has 1 heterocycles. The average molecular weight is 428 g/mol. The van der Waals surface area contributed by atoms with Crippen molar-refractivity contribution in [1.82, 2.24) is 9.97 Å². The Labute approximate surface area is 131 Å². The lowest BCUT2D eigenvalue weighted by molar-refractivity contribution is 0.600. The van der Waals surface area contributed by atoms with E-state index in [1.807, 2.05) is 0 Å². The van der Waals surface area contributed by atoms with Crippen LogP contribution >= 0.6 is 43.5 Å². The Bertz CT molecular complexity index is 724. The van der Waals surface area contributed by atoms with Gasteiger partial charge >= 0.3 is 0 Å². The first kappa shape index (κ1) is 14.7. The van der Waals surface area contributed by atoms with Gasteiger partial charge in [0.05, 0.1) is 0 Å². The third-order valence-electron chi connectivity index (χ3n) is 2.07. The van der Waals surface area contributed by atoms with Crippen molar-refractivity contribution in [2.24, 2.45) is 0 Å². The number of halogens is 3. The molecule has 0 saturated carbocycles.